The van der Waals surface area contributed by atoms with E-state index in [1.807, 2.05) is 6.07 Å². The van der Waals surface area contributed by atoms with Crippen LogP contribution >= 0.6 is 15.9 Å². The van der Waals surface area contributed by atoms with E-state index in [2.05, 4.69) is 15.9 Å². The molecule has 1 aromatic carbocycles. The number of Topliss-reactive ketones (excluding diaryl/α,β-unsaturated/α-hetero) is 1. The van der Waals surface area contributed by atoms with Crippen molar-refractivity contribution in [1.82, 2.24) is 0 Å². The predicted molar refractivity (Wildman–Crippen MR) is 61.2 cm³/mol. The number of ketones is 1. The number of carbonyl (C=O) groups excluding carboxylic acids is 2. The van der Waals surface area contributed by atoms with Gasteiger partial charge >= 0.3 is 0 Å². The second kappa shape index (κ2) is 5.42. The molecule has 16 heavy (non-hydrogen) atoms. The summed E-state index contributed by atoms with van der Waals surface area (Å²) in [5, 5.41) is 9.02. The number of hydrogen-bond acceptors (Lipinski definition) is 4. The molecule has 0 saturated heterocycles. The van der Waals surface area contributed by atoms with Crippen molar-refractivity contribution < 1.29 is 14.3 Å². The van der Waals surface area contributed by atoms with E-state index >= 15 is 0 Å². The number of benzene rings is 1. The number of nitriles is 1. The molecule has 4 nitrogen and oxygen atoms in total. The molecule has 0 bridgehead atoms. The number of nitrogens with zero attached hydrogens (tertiary/aromatic N) is 1. The third kappa shape index (κ3) is 2.28. The van der Waals surface area contributed by atoms with E-state index < -0.39 is 0 Å². The number of ether oxygens (including phenoxy) is 1. The van der Waals surface area contributed by atoms with Gasteiger partial charge in [-0.3, -0.25) is 9.59 Å². The lowest BCUT2D eigenvalue weighted by Gasteiger charge is -2.07. The zero-order valence-corrected chi connectivity index (χ0v) is 10.1. The van der Waals surface area contributed by atoms with Crippen LogP contribution in [0.1, 0.15) is 26.3 Å². The van der Waals surface area contributed by atoms with Crippen LogP contribution < -0.4 is 4.74 Å². The van der Waals surface area contributed by atoms with Crippen LogP contribution in [0.5, 0.6) is 5.75 Å². The van der Waals surface area contributed by atoms with Gasteiger partial charge in [0.25, 0.3) is 0 Å². The van der Waals surface area contributed by atoms with Gasteiger partial charge in [-0.05, 0) is 12.1 Å². The molecule has 0 N–H and O–H groups in total. The Hall–Kier alpha value is -1.67. The molecule has 0 radical (unpaired) electrons. The Morgan fingerprint density at radius 3 is 2.75 bits per heavy atom. The molecule has 0 heterocycles. The van der Waals surface area contributed by atoms with Crippen molar-refractivity contribution in [3.63, 3.8) is 0 Å². The summed E-state index contributed by atoms with van der Waals surface area (Å²) < 4.78 is 4.95. The van der Waals surface area contributed by atoms with Gasteiger partial charge in [0.1, 0.15) is 11.8 Å². The molecule has 0 atom stereocenters. The van der Waals surface area contributed by atoms with E-state index in [9.17, 15) is 9.59 Å². The fraction of sp³-hybridized carbons (Fsp3) is 0.182. The predicted octanol–water partition coefficient (Wildman–Crippen LogP) is 1.96. The number of hydrogen-bond donors (Lipinski definition) is 0. The molecule has 0 aliphatic heterocycles. The summed E-state index contributed by atoms with van der Waals surface area (Å²) in [5.74, 6) is 0.00544. The van der Waals surface area contributed by atoms with E-state index in [1.165, 1.54) is 19.2 Å². The maximum Gasteiger partial charge on any atom is 0.173 e. The number of carbonyl (C=O) groups is 2. The largest absolute Gasteiger partial charge is 0.495 e. The molecule has 0 fully saturated rings. The van der Waals surface area contributed by atoms with Gasteiger partial charge in [0.2, 0.25) is 0 Å². The number of halogens is 1. The summed E-state index contributed by atoms with van der Waals surface area (Å²) in [6, 6.07) is 4.71. The number of aldehydes is 1. The molecule has 5 heteroatoms. The quantitative estimate of drug-likeness (QED) is 0.481. The minimum absolute atomic E-state index is 0.141. The van der Waals surface area contributed by atoms with E-state index in [1.54, 1.807) is 0 Å². The zero-order valence-electron chi connectivity index (χ0n) is 8.49. The molecule has 1 aromatic rings. The molecule has 1 rings (SSSR count). The van der Waals surface area contributed by atoms with Gasteiger partial charge in [-0.1, -0.05) is 15.9 Å². The molecule has 0 amide bonds. The first-order valence-electron chi connectivity index (χ1n) is 4.34. The highest BCUT2D eigenvalue weighted by Crippen LogP contribution is 2.24. The molecule has 0 saturated carbocycles. The average Bonchev–Trinajstić information content (AvgIpc) is 2.35. The lowest BCUT2D eigenvalue weighted by molar-refractivity contribution is 0.102. The van der Waals surface area contributed by atoms with Gasteiger partial charge in [0, 0.05) is 5.56 Å². The first-order chi connectivity index (χ1) is 7.67. The van der Waals surface area contributed by atoms with Crippen molar-refractivity contribution in [2.24, 2.45) is 0 Å². The van der Waals surface area contributed by atoms with E-state index in [0.29, 0.717) is 11.8 Å². The van der Waals surface area contributed by atoms with Crippen LogP contribution in [0.15, 0.2) is 12.1 Å². The maximum absolute atomic E-state index is 11.4. The van der Waals surface area contributed by atoms with Gasteiger partial charge in [0.15, 0.2) is 12.1 Å². The third-order valence-corrected chi connectivity index (χ3v) is 2.52. The van der Waals surface area contributed by atoms with Crippen LogP contribution in [-0.4, -0.2) is 24.5 Å². The maximum atomic E-state index is 11.4. The minimum atomic E-state index is -0.192. The Bertz CT molecular complexity index is 477. The Labute approximate surface area is 101 Å². The van der Waals surface area contributed by atoms with Crippen LogP contribution in [0.25, 0.3) is 0 Å². The van der Waals surface area contributed by atoms with Crippen LogP contribution in [-0.2, 0) is 0 Å². The monoisotopic (exact) mass is 281 g/mol. The van der Waals surface area contributed by atoms with Crippen LogP contribution in [0, 0.1) is 11.3 Å². The van der Waals surface area contributed by atoms with Crippen molar-refractivity contribution in [2.45, 2.75) is 0 Å². The summed E-state index contributed by atoms with van der Waals surface area (Å²) in [7, 11) is 1.37. The first-order valence-corrected chi connectivity index (χ1v) is 5.46. The van der Waals surface area contributed by atoms with Gasteiger partial charge in [0.05, 0.1) is 23.6 Å². The summed E-state index contributed by atoms with van der Waals surface area (Å²) in [6.45, 7) is 0. The molecule has 0 spiro atoms. The van der Waals surface area contributed by atoms with Crippen molar-refractivity contribution in [2.75, 3.05) is 12.4 Å². The summed E-state index contributed by atoms with van der Waals surface area (Å²) in [5.41, 5.74) is 0.693. The molecular weight excluding hydrogens is 274 g/mol. The Kier molecular flexibility index (Phi) is 4.20. The van der Waals surface area contributed by atoms with Gasteiger partial charge < -0.3 is 4.74 Å². The van der Waals surface area contributed by atoms with Crippen molar-refractivity contribution in [1.29, 1.82) is 5.26 Å². The summed E-state index contributed by atoms with van der Waals surface area (Å²) in [6.07, 6.45) is 0.560. The van der Waals surface area contributed by atoms with E-state index in [0.717, 1.165) is 0 Å². The average molecular weight is 282 g/mol. The fourth-order valence-electron chi connectivity index (χ4n) is 1.29. The second-order valence-corrected chi connectivity index (χ2v) is 3.49. The van der Waals surface area contributed by atoms with E-state index in [-0.39, 0.29) is 28.0 Å². The Morgan fingerprint density at radius 1 is 1.62 bits per heavy atom. The Morgan fingerprint density at radius 2 is 2.31 bits per heavy atom. The molecule has 0 aromatic heterocycles. The lowest BCUT2D eigenvalue weighted by Crippen LogP contribution is -2.04. The van der Waals surface area contributed by atoms with Crippen molar-refractivity contribution in [3.05, 3.63) is 28.8 Å². The highest BCUT2D eigenvalue weighted by molar-refractivity contribution is 9.09. The van der Waals surface area contributed by atoms with Crippen LogP contribution in [0.3, 0.4) is 0 Å². The van der Waals surface area contributed by atoms with Crippen molar-refractivity contribution in [3.8, 4) is 11.8 Å². The highest BCUT2D eigenvalue weighted by atomic mass is 79.9. The number of rotatable bonds is 4. The third-order valence-electron chi connectivity index (χ3n) is 2.01. The second-order valence-electron chi connectivity index (χ2n) is 2.93. The highest BCUT2D eigenvalue weighted by Gasteiger charge is 2.14. The standard InChI is InChI=1S/C11H8BrNO3/c1-16-11-8(5-13)2-7(10(15)4-12)3-9(11)6-14/h2-3,6H,4H2,1H3. The topological polar surface area (TPSA) is 67.2 Å². The Balaban J connectivity index is 3.44. The summed E-state index contributed by atoms with van der Waals surface area (Å²) >= 11 is 3.03. The number of alkyl halides is 1. The van der Waals surface area contributed by atoms with Crippen molar-refractivity contribution >= 4 is 28.0 Å². The van der Waals surface area contributed by atoms with E-state index in [4.69, 9.17) is 10.00 Å². The molecule has 0 aliphatic carbocycles. The van der Waals surface area contributed by atoms with Crippen LogP contribution in [0.2, 0.25) is 0 Å². The zero-order chi connectivity index (χ0) is 12.1. The summed E-state index contributed by atoms with van der Waals surface area (Å²) in [4.78, 5) is 22.2. The molecular formula is C11H8BrNO3. The minimum Gasteiger partial charge on any atom is -0.495 e. The normalized spacial score (nSPS) is 9.31. The molecule has 82 valence electrons. The first kappa shape index (κ1) is 12.4. The lowest BCUT2D eigenvalue weighted by atomic mass is 10.0. The van der Waals surface area contributed by atoms with Gasteiger partial charge in [-0.25, -0.2) is 0 Å². The van der Waals surface area contributed by atoms with Gasteiger partial charge in [-0.2, -0.15) is 5.26 Å². The SMILES string of the molecule is COc1c(C#N)cc(C(=O)CBr)cc1C=O. The molecule has 0 unspecified atom stereocenters. The number of methoxy groups -OCH3 is 1. The fourth-order valence-corrected chi connectivity index (χ4v) is 1.61. The smallest absolute Gasteiger partial charge is 0.173 e. The molecule has 0 aliphatic rings. The van der Waals surface area contributed by atoms with Crippen LogP contribution in [0.4, 0.5) is 0 Å². The van der Waals surface area contributed by atoms with Gasteiger partial charge in [-0.15, -0.1) is 0 Å².